The average Bonchev–Trinajstić information content (AvgIpc) is 2.18. The Hall–Kier alpha value is -1.07. The van der Waals surface area contributed by atoms with E-state index >= 15 is 0 Å². The maximum atomic E-state index is 10.6. The van der Waals surface area contributed by atoms with Crippen LogP contribution in [0.4, 0.5) is 5.69 Å². The maximum Gasteiger partial charge on any atom is 0.323 e. The van der Waals surface area contributed by atoms with Crippen LogP contribution < -0.4 is 4.90 Å². The highest BCUT2D eigenvalue weighted by Gasteiger charge is 2.14. The summed E-state index contributed by atoms with van der Waals surface area (Å²) < 4.78 is 0. The maximum absolute atomic E-state index is 10.6. The molecule has 0 saturated carbocycles. The van der Waals surface area contributed by atoms with Gasteiger partial charge in [0.2, 0.25) is 0 Å². The molecule has 0 radical (unpaired) electrons. The Labute approximate surface area is 96.6 Å². The molecular formula is C8H9Cl2N3O2. The number of aliphatic carboxylic acids is 1. The van der Waals surface area contributed by atoms with Crippen molar-refractivity contribution in [2.45, 2.75) is 6.92 Å². The highest BCUT2D eigenvalue weighted by Crippen LogP contribution is 2.24. The summed E-state index contributed by atoms with van der Waals surface area (Å²) in [6, 6.07) is 1.49. The number of carboxylic acids is 1. The zero-order valence-electron chi connectivity index (χ0n) is 7.94. The summed E-state index contributed by atoms with van der Waals surface area (Å²) in [6.07, 6.45) is 0. The van der Waals surface area contributed by atoms with Gasteiger partial charge in [-0.3, -0.25) is 4.79 Å². The third-order valence-corrected chi connectivity index (χ3v) is 2.20. The largest absolute Gasteiger partial charge is 0.480 e. The zero-order valence-corrected chi connectivity index (χ0v) is 9.46. The van der Waals surface area contributed by atoms with Crippen molar-refractivity contribution in [3.05, 3.63) is 16.4 Å². The minimum atomic E-state index is -0.944. The van der Waals surface area contributed by atoms with E-state index in [0.29, 0.717) is 12.2 Å². The number of anilines is 1. The van der Waals surface area contributed by atoms with E-state index in [0.717, 1.165) is 0 Å². The van der Waals surface area contributed by atoms with Crippen LogP contribution in [-0.2, 0) is 4.79 Å². The summed E-state index contributed by atoms with van der Waals surface area (Å²) in [4.78, 5) is 12.1. The molecule has 0 aliphatic heterocycles. The van der Waals surface area contributed by atoms with Crippen molar-refractivity contribution in [2.75, 3.05) is 18.0 Å². The van der Waals surface area contributed by atoms with E-state index in [9.17, 15) is 4.79 Å². The number of nitrogens with zero attached hydrogens (tertiary/aromatic N) is 3. The van der Waals surface area contributed by atoms with Crippen molar-refractivity contribution >= 4 is 34.9 Å². The van der Waals surface area contributed by atoms with E-state index in [1.54, 1.807) is 4.90 Å². The molecule has 1 N–H and O–H groups in total. The van der Waals surface area contributed by atoms with Gasteiger partial charge in [0.05, 0.1) is 5.69 Å². The van der Waals surface area contributed by atoms with E-state index in [-0.39, 0.29) is 16.9 Å². The van der Waals surface area contributed by atoms with Gasteiger partial charge in [-0.15, -0.1) is 10.2 Å². The Balaban J connectivity index is 3.00. The van der Waals surface area contributed by atoms with Crippen LogP contribution in [0.2, 0.25) is 10.3 Å². The molecule has 1 aromatic heterocycles. The fourth-order valence-corrected chi connectivity index (χ4v) is 1.45. The molecule has 15 heavy (non-hydrogen) atoms. The molecule has 0 saturated heterocycles. The highest BCUT2D eigenvalue weighted by molar-refractivity contribution is 6.33. The first-order valence-electron chi connectivity index (χ1n) is 4.20. The monoisotopic (exact) mass is 249 g/mol. The van der Waals surface area contributed by atoms with Crippen LogP contribution in [0.15, 0.2) is 6.07 Å². The van der Waals surface area contributed by atoms with Gasteiger partial charge in [0, 0.05) is 12.6 Å². The first-order chi connectivity index (χ1) is 7.04. The Morgan fingerprint density at radius 2 is 2.20 bits per heavy atom. The molecule has 0 aliphatic carbocycles. The molecule has 0 aliphatic rings. The number of carbonyl (C=O) groups is 1. The van der Waals surface area contributed by atoms with Crippen LogP contribution in [0.3, 0.4) is 0 Å². The van der Waals surface area contributed by atoms with Gasteiger partial charge in [-0.2, -0.15) is 0 Å². The van der Waals surface area contributed by atoms with Gasteiger partial charge in [0.15, 0.2) is 10.3 Å². The smallest absolute Gasteiger partial charge is 0.323 e. The predicted octanol–water partition coefficient (Wildman–Crippen LogP) is 1.69. The molecule has 1 heterocycles. The Bertz CT molecular complexity index is 373. The van der Waals surface area contributed by atoms with Gasteiger partial charge in [0.1, 0.15) is 6.54 Å². The topological polar surface area (TPSA) is 66.3 Å². The first-order valence-corrected chi connectivity index (χ1v) is 4.95. The lowest BCUT2D eigenvalue weighted by molar-refractivity contribution is -0.135. The number of hydrogen-bond acceptors (Lipinski definition) is 4. The summed E-state index contributed by atoms with van der Waals surface area (Å²) >= 11 is 11.4. The molecule has 1 rings (SSSR count). The van der Waals surface area contributed by atoms with E-state index in [1.807, 2.05) is 6.92 Å². The molecule has 5 nitrogen and oxygen atoms in total. The normalized spacial score (nSPS) is 10.1. The standard InChI is InChI=1S/C8H9Cl2N3O2/c1-2-13(4-7(14)15)5-3-6(9)11-12-8(5)10/h3H,2,4H2,1H3,(H,14,15). The molecule has 0 atom stereocenters. The van der Waals surface area contributed by atoms with E-state index in [1.165, 1.54) is 6.07 Å². The fourth-order valence-electron chi connectivity index (χ4n) is 1.10. The number of likely N-dealkylation sites (N-methyl/N-ethyl adjacent to an activating group) is 1. The van der Waals surface area contributed by atoms with Crippen LogP contribution in [-0.4, -0.2) is 34.4 Å². The van der Waals surface area contributed by atoms with Crippen LogP contribution in [0.5, 0.6) is 0 Å². The average molecular weight is 250 g/mol. The number of halogens is 2. The van der Waals surface area contributed by atoms with E-state index in [2.05, 4.69) is 10.2 Å². The summed E-state index contributed by atoms with van der Waals surface area (Å²) in [7, 11) is 0. The van der Waals surface area contributed by atoms with Gasteiger partial charge in [-0.25, -0.2) is 0 Å². The predicted molar refractivity (Wildman–Crippen MR) is 57.6 cm³/mol. The number of carboxylic acid groups (broad SMARTS) is 1. The Morgan fingerprint density at radius 1 is 1.53 bits per heavy atom. The lowest BCUT2D eigenvalue weighted by atomic mass is 10.4. The van der Waals surface area contributed by atoms with Crippen molar-refractivity contribution in [1.29, 1.82) is 0 Å². The second kappa shape index (κ2) is 5.14. The van der Waals surface area contributed by atoms with Crippen molar-refractivity contribution < 1.29 is 9.90 Å². The number of hydrogen-bond donors (Lipinski definition) is 1. The van der Waals surface area contributed by atoms with Gasteiger partial charge in [0.25, 0.3) is 0 Å². The molecule has 7 heteroatoms. The van der Waals surface area contributed by atoms with Crippen LogP contribution in [0.25, 0.3) is 0 Å². The lowest BCUT2D eigenvalue weighted by Crippen LogP contribution is -2.29. The fraction of sp³-hybridized carbons (Fsp3) is 0.375. The molecule has 82 valence electrons. The SMILES string of the molecule is CCN(CC(=O)O)c1cc(Cl)nnc1Cl. The number of aromatic nitrogens is 2. The molecule has 1 aromatic rings. The minimum Gasteiger partial charge on any atom is -0.480 e. The minimum absolute atomic E-state index is 0.141. The summed E-state index contributed by atoms with van der Waals surface area (Å²) in [5.74, 6) is -0.944. The quantitative estimate of drug-likeness (QED) is 0.880. The third-order valence-electron chi connectivity index (χ3n) is 1.75. The van der Waals surface area contributed by atoms with Crippen molar-refractivity contribution in [1.82, 2.24) is 10.2 Å². The summed E-state index contributed by atoms with van der Waals surface area (Å²) in [6.45, 7) is 2.15. The molecule has 0 bridgehead atoms. The van der Waals surface area contributed by atoms with Gasteiger partial charge < -0.3 is 10.0 Å². The van der Waals surface area contributed by atoms with Crippen molar-refractivity contribution in [2.24, 2.45) is 0 Å². The van der Waals surface area contributed by atoms with Crippen LogP contribution in [0, 0.1) is 0 Å². The third kappa shape index (κ3) is 3.21. The van der Waals surface area contributed by atoms with E-state index in [4.69, 9.17) is 28.3 Å². The Morgan fingerprint density at radius 3 is 2.73 bits per heavy atom. The molecular weight excluding hydrogens is 241 g/mol. The van der Waals surface area contributed by atoms with Gasteiger partial charge in [-0.05, 0) is 6.92 Å². The highest BCUT2D eigenvalue weighted by atomic mass is 35.5. The molecule has 0 spiro atoms. The molecule has 0 amide bonds. The zero-order chi connectivity index (χ0) is 11.4. The van der Waals surface area contributed by atoms with Gasteiger partial charge in [-0.1, -0.05) is 23.2 Å². The second-order valence-electron chi connectivity index (χ2n) is 2.75. The van der Waals surface area contributed by atoms with Crippen molar-refractivity contribution in [3.8, 4) is 0 Å². The first kappa shape index (κ1) is 12.0. The molecule has 0 fully saturated rings. The lowest BCUT2D eigenvalue weighted by Gasteiger charge is -2.20. The second-order valence-corrected chi connectivity index (χ2v) is 3.50. The number of rotatable bonds is 4. The molecule has 0 aromatic carbocycles. The Kier molecular flexibility index (Phi) is 4.11. The molecule has 0 unspecified atom stereocenters. The summed E-state index contributed by atoms with van der Waals surface area (Å²) in [5, 5.41) is 16.2. The summed E-state index contributed by atoms with van der Waals surface area (Å²) in [5.41, 5.74) is 0.474. The van der Waals surface area contributed by atoms with Gasteiger partial charge >= 0.3 is 5.97 Å². The van der Waals surface area contributed by atoms with Crippen LogP contribution >= 0.6 is 23.2 Å². The van der Waals surface area contributed by atoms with Crippen LogP contribution in [0.1, 0.15) is 6.92 Å². The van der Waals surface area contributed by atoms with Crippen molar-refractivity contribution in [3.63, 3.8) is 0 Å². The van der Waals surface area contributed by atoms with E-state index < -0.39 is 5.97 Å².